The summed E-state index contributed by atoms with van der Waals surface area (Å²) < 4.78 is 4.97. The van der Waals surface area contributed by atoms with Crippen LogP contribution in [0.25, 0.3) is 0 Å². The van der Waals surface area contributed by atoms with Crippen molar-refractivity contribution in [3.63, 3.8) is 0 Å². The molecule has 0 aromatic carbocycles. The van der Waals surface area contributed by atoms with Gasteiger partial charge in [0.15, 0.2) is 0 Å². The second kappa shape index (κ2) is 5.31. The highest BCUT2D eigenvalue weighted by Crippen LogP contribution is 2.12. The fourth-order valence-corrected chi connectivity index (χ4v) is 1.39. The van der Waals surface area contributed by atoms with E-state index in [4.69, 9.17) is 9.78 Å². The number of aromatic nitrogens is 1. The molecule has 1 aromatic rings. The Bertz CT molecular complexity index is 398. The molecule has 1 amide bonds. The molecule has 0 spiro atoms. The fourth-order valence-electron chi connectivity index (χ4n) is 1.39. The van der Waals surface area contributed by atoms with Crippen molar-refractivity contribution in [2.75, 3.05) is 0 Å². The van der Waals surface area contributed by atoms with Crippen LogP contribution in [0.3, 0.4) is 0 Å². The summed E-state index contributed by atoms with van der Waals surface area (Å²) in [4.78, 5) is 11.5. The predicted molar refractivity (Wildman–Crippen MR) is 57.2 cm³/mol. The zero-order valence-corrected chi connectivity index (χ0v) is 9.70. The lowest BCUT2D eigenvalue weighted by Crippen LogP contribution is -2.29. The summed E-state index contributed by atoms with van der Waals surface area (Å²) in [5.41, 5.74) is 1.64. The van der Waals surface area contributed by atoms with Crippen LogP contribution in [0.1, 0.15) is 30.4 Å². The number of amides is 1. The van der Waals surface area contributed by atoms with Crippen LogP contribution in [0.4, 0.5) is 0 Å². The van der Waals surface area contributed by atoms with Crippen LogP contribution in [0.5, 0.6) is 0 Å². The van der Waals surface area contributed by atoms with Crippen molar-refractivity contribution in [3.05, 3.63) is 17.0 Å². The van der Waals surface area contributed by atoms with Crippen LogP contribution in [-0.2, 0) is 11.3 Å². The molecule has 86 valence electrons. The molecule has 1 N–H and O–H groups in total. The highest BCUT2D eigenvalue weighted by Gasteiger charge is 2.16. The molecule has 1 heterocycles. The Balaban J connectivity index is 2.59. The molecule has 1 unspecified atom stereocenters. The molecule has 0 saturated heterocycles. The molecule has 1 aromatic heterocycles. The maximum atomic E-state index is 11.5. The molecule has 5 nitrogen and oxygen atoms in total. The molecule has 0 aliphatic rings. The maximum Gasteiger partial charge on any atom is 0.237 e. The molecule has 0 saturated carbocycles. The quantitative estimate of drug-likeness (QED) is 0.834. The van der Waals surface area contributed by atoms with E-state index in [0.29, 0.717) is 18.7 Å². The van der Waals surface area contributed by atoms with Gasteiger partial charge in [-0.25, -0.2) is 0 Å². The van der Waals surface area contributed by atoms with Gasteiger partial charge in [-0.3, -0.25) is 4.79 Å². The Hall–Kier alpha value is -1.83. The van der Waals surface area contributed by atoms with Gasteiger partial charge in [-0.05, 0) is 20.3 Å². The van der Waals surface area contributed by atoms with Crippen LogP contribution >= 0.6 is 0 Å². The van der Waals surface area contributed by atoms with Gasteiger partial charge < -0.3 is 9.84 Å². The van der Waals surface area contributed by atoms with Gasteiger partial charge in [-0.15, -0.1) is 0 Å². The summed E-state index contributed by atoms with van der Waals surface area (Å²) in [5, 5.41) is 15.2. The molecule has 0 aliphatic heterocycles. The van der Waals surface area contributed by atoms with E-state index >= 15 is 0 Å². The van der Waals surface area contributed by atoms with E-state index in [1.165, 1.54) is 0 Å². The first-order chi connectivity index (χ1) is 7.60. The summed E-state index contributed by atoms with van der Waals surface area (Å²) >= 11 is 0. The Kier molecular flexibility index (Phi) is 4.06. The van der Waals surface area contributed by atoms with Gasteiger partial charge in [-0.2, -0.15) is 5.26 Å². The minimum Gasteiger partial charge on any atom is -0.361 e. The van der Waals surface area contributed by atoms with Crippen LogP contribution in [0.15, 0.2) is 4.52 Å². The first kappa shape index (κ1) is 12.2. The monoisotopic (exact) mass is 221 g/mol. The molecule has 1 rings (SSSR count). The minimum absolute atomic E-state index is 0.245. The van der Waals surface area contributed by atoms with Crippen molar-refractivity contribution in [2.45, 2.75) is 33.7 Å². The standard InChI is InChI=1S/C11H15N3O2/c1-4-9(5-12)11(15)13-6-10-7(2)14-16-8(10)3/h9H,4,6H2,1-3H3,(H,13,15). The van der Waals surface area contributed by atoms with Gasteiger partial charge in [0.1, 0.15) is 11.7 Å². The lowest BCUT2D eigenvalue weighted by atomic mass is 10.1. The van der Waals surface area contributed by atoms with E-state index in [1.807, 2.05) is 19.9 Å². The van der Waals surface area contributed by atoms with Gasteiger partial charge in [0.05, 0.1) is 11.8 Å². The number of nitriles is 1. The van der Waals surface area contributed by atoms with Crippen molar-refractivity contribution in [2.24, 2.45) is 5.92 Å². The summed E-state index contributed by atoms with van der Waals surface area (Å²) in [6, 6.07) is 1.96. The third kappa shape index (κ3) is 2.60. The number of nitrogens with one attached hydrogen (secondary N) is 1. The van der Waals surface area contributed by atoms with Gasteiger partial charge in [0.2, 0.25) is 5.91 Å². The molecule has 5 heteroatoms. The van der Waals surface area contributed by atoms with E-state index < -0.39 is 5.92 Å². The number of carbonyl (C=O) groups is 1. The summed E-state index contributed by atoms with van der Waals surface area (Å²) in [5.74, 6) is -0.131. The molecule has 1 atom stereocenters. The zero-order chi connectivity index (χ0) is 12.1. The Morgan fingerprint density at radius 3 is 2.75 bits per heavy atom. The minimum atomic E-state index is -0.583. The normalized spacial score (nSPS) is 11.9. The van der Waals surface area contributed by atoms with Gasteiger partial charge in [-0.1, -0.05) is 12.1 Å². The molecular formula is C11H15N3O2. The van der Waals surface area contributed by atoms with E-state index in [-0.39, 0.29) is 5.91 Å². The molecule has 16 heavy (non-hydrogen) atoms. The molecule has 0 radical (unpaired) electrons. The fraction of sp³-hybridized carbons (Fsp3) is 0.545. The number of hydrogen-bond donors (Lipinski definition) is 1. The van der Waals surface area contributed by atoms with Crippen LogP contribution in [0, 0.1) is 31.1 Å². The molecular weight excluding hydrogens is 206 g/mol. The lowest BCUT2D eigenvalue weighted by molar-refractivity contribution is -0.123. The SMILES string of the molecule is CCC(C#N)C(=O)NCc1c(C)noc1C. The number of rotatable bonds is 4. The second-order valence-corrected chi connectivity index (χ2v) is 3.61. The highest BCUT2D eigenvalue weighted by atomic mass is 16.5. The first-order valence-electron chi connectivity index (χ1n) is 5.19. The average molecular weight is 221 g/mol. The second-order valence-electron chi connectivity index (χ2n) is 3.61. The summed E-state index contributed by atoms with van der Waals surface area (Å²) in [7, 11) is 0. The number of carbonyl (C=O) groups excluding carboxylic acids is 1. The van der Waals surface area contributed by atoms with Crippen LogP contribution < -0.4 is 5.32 Å². The van der Waals surface area contributed by atoms with E-state index in [9.17, 15) is 4.79 Å². The Labute approximate surface area is 94.4 Å². The van der Waals surface area contributed by atoms with Crippen molar-refractivity contribution >= 4 is 5.91 Å². The summed E-state index contributed by atoms with van der Waals surface area (Å²) in [6.45, 7) is 5.78. The topological polar surface area (TPSA) is 78.9 Å². The maximum absolute atomic E-state index is 11.5. The van der Waals surface area contributed by atoms with E-state index in [0.717, 1.165) is 11.3 Å². The van der Waals surface area contributed by atoms with E-state index in [1.54, 1.807) is 6.92 Å². The van der Waals surface area contributed by atoms with Crippen molar-refractivity contribution in [1.29, 1.82) is 5.26 Å². The smallest absolute Gasteiger partial charge is 0.237 e. The predicted octanol–water partition coefficient (Wildman–Crippen LogP) is 1.46. The van der Waals surface area contributed by atoms with Crippen molar-refractivity contribution in [1.82, 2.24) is 10.5 Å². The van der Waals surface area contributed by atoms with Gasteiger partial charge >= 0.3 is 0 Å². The molecule has 0 fully saturated rings. The van der Waals surface area contributed by atoms with Crippen molar-refractivity contribution in [3.8, 4) is 6.07 Å². The highest BCUT2D eigenvalue weighted by molar-refractivity contribution is 5.80. The zero-order valence-electron chi connectivity index (χ0n) is 9.70. The number of nitrogens with zero attached hydrogens (tertiary/aromatic N) is 2. The first-order valence-corrected chi connectivity index (χ1v) is 5.19. The largest absolute Gasteiger partial charge is 0.361 e. The Morgan fingerprint density at radius 2 is 2.31 bits per heavy atom. The van der Waals surface area contributed by atoms with Crippen molar-refractivity contribution < 1.29 is 9.32 Å². The number of hydrogen-bond acceptors (Lipinski definition) is 4. The van der Waals surface area contributed by atoms with Gasteiger partial charge in [0, 0.05) is 12.1 Å². The van der Waals surface area contributed by atoms with Crippen LogP contribution in [0.2, 0.25) is 0 Å². The Morgan fingerprint density at radius 1 is 1.62 bits per heavy atom. The van der Waals surface area contributed by atoms with Gasteiger partial charge in [0.25, 0.3) is 0 Å². The number of aryl methyl sites for hydroxylation is 2. The third-order valence-corrected chi connectivity index (χ3v) is 2.50. The lowest BCUT2D eigenvalue weighted by Gasteiger charge is -2.07. The summed E-state index contributed by atoms with van der Waals surface area (Å²) in [6.07, 6.45) is 0.518. The van der Waals surface area contributed by atoms with E-state index in [2.05, 4.69) is 10.5 Å². The molecule has 0 aliphatic carbocycles. The van der Waals surface area contributed by atoms with Crippen LogP contribution in [-0.4, -0.2) is 11.1 Å². The molecule has 0 bridgehead atoms. The average Bonchev–Trinajstić information content (AvgIpc) is 2.58. The third-order valence-electron chi connectivity index (χ3n) is 2.50.